The SMILES string of the molecule is Cl/C=C/CN1CC(Cc2ccccc2)NCC1C1CC1. The molecule has 1 aliphatic carbocycles. The smallest absolute Gasteiger partial charge is 0.0252 e. The quantitative estimate of drug-likeness (QED) is 0.897. The first kappa shape index (κ1) is 14.1. The van der Waals surface area contributed by atoms with Crippen LogP contribution in [0.4, 0.5) is 0 Å². The Bertz CT molecular complexity index is 442. The van der Waals surface area contributed by atoms with Gasteiger partial charge in [-0.25, -0.2) is 0 Å². The monoisotopic (exact) mass is 290 g/mol. The summed E-state index contributed by atoms with van der Waals surface area (Å²) < 4.78 is 0. The van der Waals surface area contributed by atoms with Gasteiger partial charge >= 0.3 is 0 Å². The predicted molar refractivity (Wildman–Crippen MR) is 85.0 cm³/mol. The molecule has 1 aromatic carbocycles. The van der Waals surface area contributed by atoms with Crippen LogP contribution in [-0.2, 0) is 6.42 Å². The number of hydrogen-bond donors (Lipinski definition) is 1. The molecule has 0 bridgehead atoms. The van der Waals surface area contributed by atoms with E-state index >= 15 is 0 Å². The van der Waals surface area contributed by atoms with Crippen LogP contribution in [0.3, 0.4) is 0 Å². The highest BCUT2D eigenvalue weighted by molar-refractivity contribution is 6.25. The first-order valence-corrected chi connectivity index (χ1v) is 8.07. The largest absolute Gasteiger partial charge is 0.311 e. The molecule has 2 nitrogen and oxygen atoms in total. The van der Waals surface area contributed by atoms with Crippen molar-refractivity contribution in [3.63, 3.8) is 0 Å². The summed E-state index contributed by atoms with van der Waals surface area (Å²) in [6, 6.07) is 12.0. The molecule has 2 fully saturated rings. The Hall–Kier alpha value is -0.830. The fraction of sp³-hybridized carbons (Fsp3) is 0.529. The molecule has 108 valence electrons. The minimum Gasteiger partial charge on any atom is -0.311 e. The van der Waals surface area contributed by atoms with Gasteiger partial charge in [0.15, 0.2) is 0 Å². The second-order valence-corrected chi connectivity index (χ2v) is 6.27. The highest BCUT2D eigenvalue weighted by Crippen LogP contribution is 2.36. The molecule has 0 aromatic heterocycles. The molecule has 1 saturated heterocycles. The van der Waals surface area contributed by atoms with Gasteiger partial charge in [0.05, 0.1) is 0 Å². The van der Waals surface area contributed by atoms with Gasteiger partial charge in [0.25, 0.3) is 0 Å². The fourth-order valence-electron chi connectivity index (χ4n) is 3.27. The summed E-state index contributed by atoms with van der Waals surface area (Å²) in [5.41, 5.74) is 3.07. The van der Waals surface area contributed by atoms with Crippen molar-refractivity contribution in [1.29, 1.82) is 0 Å². The molecule has 1 aromatic rings. The van der Waals surface area contributed by atoms with Gasteiger partial charge in [-0.05, 0) is 30.7 Å². The third-order valence-corrected chi connectivity index (χ3v) is 4.64. The van der Waals surface area contributed by atoms with Crippen LogP contribution in [0.1, 0.15) is 18.4 Å². The molecular weight excluding hydrogens is 268 g/mol. The van der Waals surface area contributed by atoms with Crippen molar-refractivity contribution in [1.82, 2.24) is 10.2 Å². The molecule has 2 atom stereocenters. The zero-order valence-corrected chi connectivity index (χ0v) is 12.6. The summed E-state index contributed by atoms with van der Waals surface area (Å²) in [6.07, 6.45) is 5.98. The van der Waals surface area contributed by atoms with E-state index in [1.54, 1.807) is 5.54 Å². The summed E-state index contributed by atoms with van der Waals surface area (Å²) >= 11 is 5.71. The van der Waals surface area contributed by atoms with Crippen molar-refractivity contribution in [3.05, 3.63) is 47.5 Å². The maximum atomic E-state index is 5.71. The van der Waals surface area contributed by atoms with E-state index in [-0.39, 0.29) is 0 Å². The molecule has 0 radical (unpaired) electrons. The standard InChI is InChI=1S/C17H23ClN2/c18-9-4-10-20-13-16(11-14-5-2-1-3-6-14)19-12-17(20)15-7-8-15/h1-6,9,15-17,19H,7-8,10-13H2/b9-4+. The second-order valence-electron chi connectivity index (χ2n) is 6.02. The van der Waals surface area contributed by atoms with Crippen molar-refractivity contribution < 1.29 is 0 Å². The van der Waals surface area contributed by atoms with Gasteiger partial charge in [-0.3, -0.25) is 4.90 Å². The average Bonchev–Trinajstić information content (AvgIpc) is 3.31. The normalized spacial score (nSPS) is 28.1. The number of rotatable bonds is 5. The number of nitrogens with one attached hydrogen (secondary N) is 1. The lowest BCUT2D eigenvalue weighted by Crippen LogP contribution is -2.57. The Morgan fingerprint density at radius 1 is 1.25 bits per heavy atom. The second kappa shape index (κ2) is 6.75. The molecule has 2 aliphatic rings. The van der Waals surface area contributed by atoms with Crippen LogP contribution in [-0.4, -0.2) is 36.6 Å². The van der Waals surface area contributed by atoms with Crippen LogP contribution >= 0.6 is 11.6 Å². The zero-order valence-electron chi connectivity index (χ0n) is 11.8. The molecule has 3 heteroatoms. The maximum Gasteiger partial charge on any atom is 0.0252 e. The molecule has 20 heavy (non-hydrogen) atoms. The van der Waals surface area contributed by atoms with Crippen LogP contribution in [0.25, 0.3) is 0 Å². The van der Waals surface area contributed by atoms with E-state index in [2.05, 4.69) is 46.6 Å². The Labute approximate surface area is 126 Å². The van der Waals surface area contributed by atoms with Gasteiger partial charge in [0, 0.05) is 37.3 Å². The van der Waals surface area contributed by atoms with Crippen LogP contribution in [0.15, 0.2) is 41.9 Å². The molecule has 2 unspecified atom stereocenters. The lowest BCUT2D eigenvalue weighted by atomic mass is 9.99. The Balaban J connectivity index is 1.60. The van der Waals surface area contributed by atoms with Crippen LogP contribution < -0.4 is 5.32 Å². The summed E-state index contributed by atoms with van der Waals surface area (Å²) in [5, 5.41) is 3.75. The molecule has 1 aliphatic heterocycles. The third-order valence-electron chi connectivity index (χ3n) is 4.46. The van der Waals surface area contributed by atoms with Gasteiger partial charge in [0.2, 0.25) is 0 Å². The highest BCUT2D eigenvalue weighted by atomic mass is 35.5. The molecule has 1 N–H and O–H groups in total. The van der Waals surface area contributed by atoms with Crippen molar-refractivity contribution in [3.8, 4) is 0 Å². The lowest BCUT2D eigenvalue weighted by molar-refractivity contribution is 0.128. The number of hydrogen-bond acceptors (Lipinski definition) is 2. The van der Waals surface area contributed by atoms with Crippen LogP contribution in [0.5, 0.6) is 0 Å². The summed E-state index contributed by atoms with van der Waals surface area (Å²) in [4.78, 5) is 2.61. The number of halogens is 1. The van der Waals surface area contributed by atoms with Crippen LogP contribution in [0, 0.1) is 5.92 Å². The Kier molecular flexibility index (Phi) is 4.77. The van der Waals surface area contributed by atoms with Crippen molar-refractivity contribution >= 4 is 11.6 Å². The predicted octanol–water partition coefficient (Wildman–Crippen LogP) is 3.03. The van der Waals surface area contributed by atoms with E-state index in [0.717, 1.165) is 32.0 Å². The van der Waals surface area contributed by atoms with E-state index in [4.69, 9.17) is 11.6 Å². The highest BCUT2D eigenvalue weighted by Gasteiger charge is 2.38. The molecule has 1 heterocycles. The molecular formula is C17H23ClN2. The zero-order chi connectivity index (χ0) is 13.8. The topological polar surface area (TPSA) is 15.3 Å². The van der Waals surface area contributed by atoms with Crippen molar-refractivity contribution in [2.75, 3.05) is 19.6 Å². The molecule has 0 spiro atoms. The van der Waals surface area contributed by atoms with Crippen molar-refractivity contribution in [2.24, 2.45) is 5.92 Å². The lowest BCUT2D eigenvalue weighted by Gasteiger charge is -2.40. The van der Waals surface area contributed by atoms with Gasteiger partial charge in [0.1, 0.15) is 0 Å². The summed E-state index contributed by atoms with van der Waals surface area (Å²) in [5.74, 6) is 0.906. The van der Waals surface area contributed by atoms with Gasteiger partial charge in [-0.15, -0.1) is 0 Å². The first-order chi connectivity index (χ1) is 9.86. The number of piperazine rings is 1. The van der Waals surface area contributed by atoms with E-state index in [0.29, 0.717) is 12.1 Å². The van der Waals surface area contributed by atoms with E-state index in [1.807, 2.05) is 0 Å². The van der Waals surface area contributed by atoms with E-state index < -0.39 is 0 Å². The summed E-state index contributed by atoms with van der Waals surface area (Å²) in [6.45, 7) is 3.23. The maximum absolute atomic E-state index is 5.71. The van der Waals surface area contributed by atoms with Gasteiger partial charge in [-0.2, -0.15) is 0 Å². The number of nitrogens with zero attached hydrogens (tertiary/aromatic N) is 1. The van der Waals surface area contributed by atoms with Gasteiger partial charge < -0.3 is 5.32 Å². The van der Waals surface area contributed by atoms with E-state index in [1.165, 1.54) is 18.4 Å². The summed E-state index contributed by atoms with van der Waals surface area (Å²) in [7, 11) is 0. The Morgan fingerprint density at radius 3 is 2.75 bits per heavy atom. The van der Waals surface area contributed by atoms with Gasteiger partial charge in [-0.1, -0.05) is 48.0 Å². The third kappa shape index (κ3) is 3.63. The fourth-order valence-corrected chi connectivity index (χ4v) is 3.35. The van der Waals surface area contributed by atoms with E-state index in [9.17, 15) is 0 Å². The minimum atomic E-state index is 0.552. The average molecular weight is 291 g/mol. The molecule has 0 amide bonds. The Morgan fingerprint density at radius 2 is 2.05 bits per heavy atom. The number of benzene rings is 1. The molecule has 3 rings (SSSR count). The minimum absolute atomic E-state index is 0.552. The molecule has 1 saturated carbocycles. The van der Waals surface area contributed by atoms with Crippen molar-refractivity contribution in [2.45, 2.75) is 31.3 Å². The van der Waals surface area contributed by atoms with Crippen LogP contribution in [0.2, 0.25) is 0 Å². The first-order valence-electron chi connectivity index (χ1n) is 7.63.